The molecule has 2 N–H and O–H groups in total. The van der Waals surface area contributed by atoms with Crippen molar-refractivity contribution >= 4 is 43.1 Å². The monoisotopic (exact) mass is 482 g/mol. The van der Waals surface area contributed by atoms with Crippen molar-refractivity contribution in [3.63, 3.8) is 0 Å². The molecule has 0 atom stereocenters. The topological polar surface area (TPSA) is 40.5 Å². The van der Waals surface area contributed by atoms with E-state index in [1.54, 1.807) is 0 Å². The van der Waals surface area contributed by atoms with Crippen molar-refractivity contribution in [1.29, 1.82) is 0 Å². The second-order valence-electron chi connectivity index (χ2n) is 9.78. The van der Waals surface area contributed by atoms with Gasteiger partial charge in [0, 0.05) is 13.2 Å². The van der Waals surface area contributed by atoms with Crippen LogP contribution in [0.4, 0.5) is 0 Å². The fourth-order valence-corrected chi connectivity index (χ4v) is 5.83. The quantitative estimate of drug-likeness (QED) is 0.106. The molecule has 0 amide bonds. The summed E-state index contributed by atoms with van der Waals surface area (Å²) in [5, 5.41) is 29.2. The normalized spacial score (nSPS) is 11.6. The molecule has 0 aliphatic rings. The maximum absolute atomic E-state index is 9.04. The summed E-state index contributed by atoms with van der Waals surface area (Å²) >= 11 is 0. The van der Waals surface area contributed by atoms with Gasteiger partial charge in [0.1, 0.15) is 0 Å². The highest BCUT2D eigenvalue weighted by Gasteiger charge is 2.15. The molecule has 5 rings (SSSR count). The molecular formula is C34H42O2. The van der Waals surface area contributed by atoms with Gasteiger partial charge in [0.05, 0.1) is 0 Å². The molecule has 0 aliphatic carbocycles. The van der Waals surface area contributed by atoms with E-state index in [2.05, 4.69) is 60.7 Å². The number of benzene rings is 5. The van der Waals surface area contributed by atoms with Gasteiger partial charge >= 0.3 is 0 Å². The first-order valence-corrected chi connectivity index (χ1v) is 14.1. The molecule has 5 aromatic carbocycles. The number of aryl methyl sites for hydroxylation is 2. The number of hydrogen-bond donors (Lipinski definition) is 2. The van der Waals surface area contributed by atoms with Crippen molar-refractivity contribution in [2.45, 2.75) is 78.1 Å². The van der Waals surface area contributed by atoms with E-state index in [1.807, 2.05) is 13.8 Å². The van der Waals surface area contributed by atoms with E-state index in [1.165, 1.54) is 79.9 Å². The van der Waals surface area contributed by atoms with E-state index in [0.29, 0.717) is 13.2 Å². The third-order valence-corrected chi connectivity index (χ3v) is 7.55. The lowest BCUT2D eigenvalue weighted by molar-refractivity contribution is 0.282. The average Bonchev–Trinajstić information content (AvgIpc) is 2.93. The minimum atomic E-state index is 0.303. The minimum absolute atomic E-state index is 0.303. The van der Waals surface area contributed by atoms with Crippen LogP contribution < -0.4 is 0 Å². The van der Waals surface area contributed by atoms with Crippen LogP contribution in [0.1, 0.15) is 76.3 Å². The van der Waals surface area contributed by atoms with Gasteiger partial charge in [0.2, 0.25) is 0 Å². The second-order valence-corrected chi connectivity index (χ2v) is 9.78. The molecule has 0 fully saturated rings. The molecule has 0 radical (unpaired) electrons. The average molecular weight is 483 g/mol. The summed E-state index contributed by atoms with van der Waals surface area (Å²) in [4.78, 5) is 0. The Labute approximate surface area is 216 Å². The summed E-state index contributed by atoms with van der Waals surface area (Å²) < 4.78 is 0. The Balaban J connectivity index is 0.00000148. The molecule has 0 bridgehead atoms. The van der Waals surface area contributed by atoms with Crippen LogP contribution in [0.5, 0.6) is 0 Å². The van der Waals surface area contributed by atoms with Gasteiger partial charge in [-0.05, 0) is 92.7 Å². The molecule has 2 heteroatoms. The molecular weight excluding hydrogens is 440 g/mol. The lowest BCUT2D eigenvalue weighted by atomic mass is 9.86. The summed E-state index contributed by atoms with van der Waals surface area (Å²) in [7, 11) is 0. The summed E-state index contributed by atoms with van der Waals surface area (Å²) in [5.74, 6) is 0. The van der Waals surface area contributed by atoms with Crippen LogP contribution in [-0.2, 0) is 12.8 Å². The Morgan fingerprint density at radius 2 is 0.778 bits per heavy atom. The molecule has 0 spiro atoms. The highest BCUT2D eigenvalue weighted by Crippen LogP contribution is 2.42. The van der Waals surface area contributed by atoms with Gasteiger partial charge in [-0.25, -0.2) is 0 Å². The SMILES string of the molecule is CC.OCCCCCCc1ccc2c3cccc4c(CCCCCCO)ccc(c5cccc1c52)c43. The van der Waals surface area contributed by atoms with E-state index in [0.717, 1.165) is 38.5 Å². The van der Waals surface area contributed by atoms with Crippen LogP contribution >= 0.6 is 0 Å². The minimum Gasteiger partial charge on any atom is -0.396 e. The summed E-state index contributed by atoms with van der Waals surface area (Å²) in [6, 6.07) is 23.1. The lowest BCUT2D eigenvalue weighted by Gasteiger charge is -2.18. The molecule has 5 aromatic rings. The zero-order chi connectivity index (χ0) is 25.3. The van der Waals surface area contributed by atoms with Crippen molar-refractivity contribution in [2.24, 2.45) is 0 Å². The first-order chi connectivity index (χ1) is 17.8. The van der Waals surface area contributed by atoms with Crippen molar-refractivity contribution < 1.29 is 10.2 Å². The first-order valence-electron chi connectivity index (χ1n) is 14.1. The Kier molecular flexibility index (Phi) is 9.55. The zero-order valence-corrected chi connectivity index (χ0v) is 22.2. The molecule has 190 valence electrons. The standard InChI is InChI=1S/C32H36O2.C2H6/c33-21-7-3-1-5-11-23-17-19-29-28-16-10-14-26-24(12-6-2-4-8-22-34)18-20-30(32(26)28)27-15-9-13-25(23)31(27)29;1-2/h9-10,13-20,33-34H,1-8,11-12,21-22H2;1-2H3. The van der Waals surface area contributed by atoms with E-state index >= 15 is 0 Å². The highest BCUT2D eigenvalue weighted by atomic mass is 16.3. The van der Waals surface area contributed by atoms with Gasteiger partial charge in [-0.15, -0.1) is 0 Å². The van der Waals surface area contributed by atoms with E-state index in [4.69, 9.17) is 10.2 Å². The number of unbranched alkanes of at least 4 members (excludes halogenated alkanes) is 6. The Hall–Kier alpha value is -2.68. The van der Waals surface area contributed by atoms with E-state index in [-0.39, 0.29) is 0 Å². The number of rotatable bonds is 12. The van der Waals surface area contributed by atoms with Crippen LogP contribution in [0.2, 0.25) is 0 Å². The molecule has 36 heavy (non-hydrogen) atoms. The van der Waals surface area contributed by atoms with Crippen molar-refractivity contribution in [1.82, 2.24) is 0 Å². The molecule has 0 saturated heterocycles. The van der Waals surface area contributed by atoms with Crippen LogP contribution in [0.3, 0.4) is 0 Å². The maximum Gasteiger partial charge on any atom is 0.0431 e. The maximum atomic E-state index is 9.04. The zero-order valence-electron chi connectivity index (χ0n) is 22.2. The number of hydrogen-bond acceptors (Lipinski definition) is 2. The van der Waals surface area contributed by atoms with Crippen molar-refractivity contribution in [3.8, 4) is 0 Å². The molecule has 2 nitrogen and oxygen atoms in total. The first kappa shape index (κ1) is 26.4. The van der Waals surface area contributed by atoms with Crippen LogP contribution in [-0.4, -0.2) is 23.4 Å². The van der Waals surface area contributed by atoms with Crippen molar-refractivity contribution in [2.75, 3.05) is 13.2 Å². The Bertz CT molecular complexity index is 1260. The molecule has 0 unspecified atom stereocenters. The van der Waals surface area contributed by atoms with Crippen molar-refractivity contribution in [3.05, 3.63) is 71.8 Å². The molecule has 0 aromatic heterocycles. The number of aliphatic hydroxyl groups is 2. The lowest BCUT2D eigenvalue weighted by Crippen LogP contribution is -1.94. The smallest absolute Gasteiger partial charge is 0.0431 e. The summed E-state index contributed by atoms with van der Waals surface area (Å²) in [5.41, 5.74) is 2.89. The molecule has 0 heterocycles. The highest BCUT2D eigenvalue weighted by molar-refractivity contribution is 6.33. The number of fused-ring (bicyclic) bond motifs is 2. The second kappa shape index (κ2) is 13.0. The fourth-order valence-electron chi connectivity index (χ4n) is 5.83. The Morgan fingerprint density at radius 1 is 0.417 bits per heavy atom. The fraction of sp³-hybridized carbons (Fsp3) is 0.412. The predicted octanol–water partition coefficient (Wildman–Crippen LogP) is 8.95. The van der Waals surface area contributed by atoms with Gasteiger partial charge < -0.3 is 10.2 Å². The van der Waals surface area contributed by atoms with E-state index < -0.39 is 0 Å². The third kappa shape index (κ3) is 5.36. The van der Waals surface area contributed by atoms with Gasteiger partial charge in [-0.2, -0.15) is 0 Å². The van der Waals surface area contributed by atoms with Crippen LogP contribution in [0.25, 0.3) is 43.1 Å². The van der Waals surface area contributed by atoms with Crippen LogP contribution in [0, 0.1) is 0 Å². The Morgan fingerprint density at radius 3 is 1.19 bits per heavy atom. The van der Waals surface area contributed by atoms with E-state index in [9.17, 15) is 0 Å². The van der Waals surface area contributed by atoms with Gasteiger partial charge in [0.15, 0.2) is 0 Å². The van der Waals surface area contributed by atoms with Gasteiger partial charge in [-0.1, -0.05) is 100 Å². The number of aliphatic hydroxyl groups excluding tert-OH is 2. The predicted molar refractivity (Wildman–Crippen MR) is 158 cm³/mol. The van der Waals surface area contributed by atoms with Crippen LogP contribution in [0.15, 0.2) is 60.7 Å². The molecule has 0 saturated carbocycles. The van der Waals surface area contributed by atoms with Gasteiger partial charge in [0.25, 0.3) is 0 Å². The van der Waals surface area contributed by atoms with Gasteiger partial charge in [-0.3, -0.25) is 0 Å². The summed E-state index contributed by atoms with van der Waals surface area (Å²) in [6.45, 7) is 4.61. The molecule has 0 aliphatic heterocycles. The third-order valence-electron chi connectivity index (χ3n) is 7.55. The summed E-state index contributed by atoms with van der Waals surface area (Å²) in [6.07, 6.45) is 10.9. The largest absolute Gasteiger partial charge is 0.396 e.